The zero-order valence-corrected chi connectivity index (χ0v) is 16.5. The van der Waals surface area contributed by atoms with Gasteiger partial charge in [0.15, 0.2) is 0 Å². The molecule has 144 valence electrons. The molecule has 0 spiro atoms. The van der Waals surface area contributed by atoms with Gasteiger partial charge in [-0.3, -0.25) is 0 Å². The molecule has 0 heterocycles. The van der Waals surface area contributed by atoms with E-state index in [-0.39, 0.29) is 6.09 Å². The highest BCUT2D eigenvalue weighted by atomic mass is 16.5. The van der Waals surface area contributed by atoms with E-state index in [1.165, 1.54) is 89.9 Å². The van der Waals surface area contributed by atoms with Gasteiger partial charge in [0.05, 0.1) is 6.61 Å². The van der Waals surface area contributed by atoms with Gasteiger partial charge in [-0.15, -0.1) is 0 Å². The molecule has 0 aliphatic carbocycles. The van der Waals surface area contributed by atoms with Crippen molar-refractivity contribution in [1.29, 1.82) is 0 Å². The maximum atomic E-state index is 11.5. The number of nitrogens with one attached hydrogen (secondary N) is 1. The van der Waals surface area contributed by atoms with E-state index in [0.29, 0.717) is 6.61 Å². The third-order valence-corrected chi connectivity index (χ3v) is 4.53. The number of amides is 1. The van der Waals surface area contributed by atoms with Gasteiger partial charge in [-0.25, -0.2) is 4.79 Å². The van der Waals surface area contributed by atoms with Crippen molar-refractivity contribution in [2.45, 2.75) is 117 Å². The molecular weight excluding hydrogens is 298 g/mol. The second-order valence-electron chi connectivity index (χ2n) is 7.01. The fraction of sp³-hybridized carbons (Fsp3) is 0.952. The first-order valence-electron chi connectivity index (χ1n) is 10.7. The van der Waals surface area contributed by atoms with E-state index in [9.17, 15) is 4.79 Å². The molecule has 0 saturated carbocycles. The van der Waals surface area contributed by atoms with Crippen molar-refractivity contribution in [3.05, 3.63) is 0 Å². The molecule has 3 nitrogen and oxygen atoms in total. The van der Waals surface area contributed by atoms with Crippen LogP contribution in [-0.4, -0.2) is 19.2 Å². The van der Waals surface area contributed by atoms with Crippen molar-refractivity contribution in [2.75, 3.05) is 13.2 Å². The fourth-order valence-corrected chi connectivity index (χ4v) is 2.90. The van der Waals surface area contributed by atoms with Crippen LogP contribution in [0.1, 0.15) is 117 Å². The number of hydrogen-bond donors (Lipinski definition) is 1. The first kappa shape index (κ1) is 23.3. The van der Waals surface area contributed by atoms with Crippen LogP contribution >= 0.6 is 0 Å². The molecule has 24 heavy (non-hydrogen) atoms. The van der Waals surface area contributed by atoms with E-state index >= 15 is 0 Å². The number of alkyl carbamates (subject to hydrolysis) is 1. The quantitative estimate of drug-likeness (QED) is 0.273. The molecular formula is C21H43NO2. The van der Waals surface area contributed by atoms with Crippen molar-refractivity contribution in [3.63, 3.8) is 0 Å². The zero-order valence-electron chi connectivity index (χ0n) is 16.5. The number of rotatable bonds is 18. The average molecular weight is 342 g/mol. The number of carbonyl (C=O) groups excluding carboxylic acids is 1. The van der Waals surface area contributed by atoms with Gasteiger partial charge < -0.3 is 10.1 Å². The lowest BCUT2D eigenvalue weighted by Gasteiger charge is -2.07. The van der Waals surface area contributed by atoms with Gasteiger partial charge in [0, 0.05) is 6.54 Å². The van der Waals surface area contributed by atoms with Gasteiger partial charge in [0.2, 0.25) is 0 Å². The molecule has 0 aromatic carbocycles. The van der Waals surface area contributed by atoms with E-state index in [1.54, 1.807) is 0 Å². The maximum Gasteiger partial charge on any atom is 0.407 e. The Kier molecular flexibility index (Phi) is 19.7. The summed E-state index contributed by atoms with van der Waals surface area (Å²) < 4.78 is 5.19. The highest BCUT2D eigenvalue weighted by Crippen LogP contribution is 2.10. The second kappa shape index (κ2) is 20.3. The van der Waals surface area contributed by atoms with Crippen LogP contribution in [0.4, 0.5) is 4.79 Å². The normalized spacial score (nSPS) is 10.8. The predicted octanol–water partition coefficient (Wildman–Crippen LogP) is 6.99. The molecule has 0 bridgehead atoms. The highest BCUT2D eigenvalue weighted by Gasteiger charge is 2.00. The Balaban J connectivity index is 3.12. The summed E-state index contributed by atoms with van der Waals surface area (Å²) in [6, 6.07) is 0. The summed E-state index contributed by atoms with van der Waals surface area (Å²) in [5, 5.41) is 2.86. The lowest BCUT2D eigenvalue weighted by atomic mass is 10.1. The largest absolute Gasteiger partial charge is 0.450 e. The Hall–Kier alpha value is -0.730. The molecule has 0 aliphatic heterocycles. The minimum Gasteiger partial charge on any atom is -0.450 e. The van der Waals surface area contributed by atoms with Crippen LogP contribution in [0, 0.1) is 0 Å². The van der Waals surface area contributed by atoms with Gasteiger partial charge >= 0.3 is 6.09 Å². The fourth-order valence-electron chi connectivity index (χ4n) is 2.90. The first-order chi connectivity index (χ1) is 11.8. The smallest absolute Gasteiger partial charge is 0.407 e. The standard InChI is InChI=1S/C21H43NO2/c1-3-5-7-9-11-12-13-14-15-17-19-22-21(23)24-20-18-16-10-8-6-4-2/h3-20H2,1-2H3,(H,22,23). The molecule has 0 radical (unpaired) electrons. The maximum absolute atomic E-state index is 11.5. The minimum absolute atomic E-state index is 0.237. The first-order valence-corrected chi connectivity index (χ1v) is 10.7. The van der Waals surface area contributed by atoms with Crippen LogP contribution in [-0.2, 0) is 4.74 Å². The molecule has 1 amide bonds. The Bertz CT molecular complexity index is 256. The summed E-state index contributed by atoms with van der Waals surface area (Å²) in [6.45, 7) is 5.81. The van der Waals surface area contributed by atoms with Gasteiger partial charge in [-0.1, -0.05) is 104 Å². The zero-order chi connectivity index (χ0) is 17.7. The summed E-state index contributed by atoms with van der Waals surface area (Å²) in [7, 11) is 0. The second-order valence-corrected chi connectivity index (χ2v) is 7.01. The summed E-state index contributed by atoms with van der Waals surface area (Å²) >= 11 is 0. The molecule has 0 saturated heterocycles. The van der Waals surface area contributed by atoms with E-state index in [1.807, 2.05) is 0 Å². The lowest BCUT2D eigenvalue weighted by molar-refractivity contribution is 0.143. The summed E-state index contributed by atoms with van der Waals surface area (Å²) in [6.07, 6.45) is 20.3. The van der Waals surface area contributed by atoms with E-state index < -0.39 is 0 Å². The molecule has 0 aromatic rings. The average Bonchev–Trinajstić information content (AvgIpc) is 2.59. The number of unbranched alkanes of at least 4 members (excludes halogenated alkanes) is 14. The number of ether oxygens (including phenoxy) is 1. The Morgan fingerprint density at radius 1 is 0.625 bits per heavy atom. The van der Waals surface area contributed by atoms with E-state index in [4.69, 9.17) is 4.74 Å². The van der Waals surface area contributed by atoms with Gasteiger partial charge in [0.1, 0.15) is 0 Å². The topological polar surface area (TPSA) is 38.3 Å². The van der Waals surface area contributed by atoms with Crippen molar-refractivity contribution in [2.24, 2.45) is 0 Å². The highest BCUT2D eigenvalue weighted by molar-refractivity contribution is 5.66. The number of hydrogen-bond acceptors (Lipinski definition) is 2. The monoisotopic (exact) mass is 341 g/mol. The van der Waals surface area contributed by atoms with Gasteiger partial charge in [0.25, 0.3) is 0 Å². The number of carbonyl (C=O) groups is 1. The van der Waals surface area contributed by atoms with Crippen LogP contribution in [0.15, 0.2) is 0 Å². The lowest BCUT2D eigenvalue weighted by Crippen LogP contribution is -2.25. The summed E-state index contributed by atoms with van der Waals surface area (Å²) in [4.78, 5) is 11.5. The molecule has 0 aliphatic rings. The SMILES string of the molecule is CCCCCCCCCCCCNC(=O)OCCCCCCCC. The van der Waals surface area contributed by atoms with Crippen LogP contribution in [0.2, 0.25) is 0 Å². The molecule has 3 heteroatoms. The van der Waals surface area contributed by atoms with Crippen molar-refractivity contribution < 1.29 is 9.53 Å². The predicted molar refractivity (Wildman–Crippen MR) is 105 cm³/mol. The van der Waals surface area contributed by atoms with Crippen molar-refractivity contribution >= 4 is 6.09 Å². The third-order valence-electron chi connectivity index (χ3n) is 4.53. The van der Waals surface area contributed by atoms with Crippen LogP contribution < -0.4 is 5.32 Å². The summed E-state index contributed by atoms with van der Waals surface area (Å²) in [5.41, 5.74) is 0. The third kappa shape index (κ3) is 19.3. The van der Waals surface area contributed by atoms with E-state index in [0.717, 1.165) is 19.4 Å². The van der Waals surface area contributed by atoms with Gasteiger partial charge in [-0.2, -0.15) is 0 Å². The van der Waals surface area contributed by atoms with Gasteiger partial charge in [-0.05, 0) is 12.8 Å². The van der Waals surface area contributed by atoms with Crippen LogP contribution in [0.3, 0.4) is 0 Å². The molecule has 1 N–H and O–H groups in total. The molecule has 0 aromatic heterocycles. The Morgan fingerprint density at radius 2 is 1.04 bits per heavy atom. The molecule has 0 unspecified atom stereocenters. The molecule has 0 fully saturated rings. The minimum atomic E-state index is -0.237. The van der Waals surface area contributed by atoms with Crippen molar-refractivity contribution in [3.8, 4) is 0 Å². The molecule has 0 rings (SSSR count). The molecule has 0 atom stereocenters. The van der Waals surface area contributed by atoms with E-state index in [2.05, 4.69) is 19.2 Å². The van der Waals surface area contributed by atoms with Crippen LogP contribution in [0.25, 0.3) is 0 Å². The summed E-state index contributed by atoms with van der Waals surface area (Å²) in [5.74, 6) is 0. The Labute approximate surface area is 151 Å². The van der Waals surface area contributed by atoms with Crippen LogP contribution in [0.5, 0.6) is 0 Å². The van der Waals surface area contributed by atoms with Crippen molar-refractivity contribution in [1.82, 2.24) is 5.32 Å². The Morgan fingerprint density at radius 3 is 1.54 bits per heavy atom.